The van der Waals surface area contributed by atoms with Gasteiger partial charge in [-0.05, 0) is 57.7 Å². The average Bonchev–Trinajstić information content (AvgIpc) is 3.91. The van der Waals surface area contributed by atoms with Gasteiger partial charge in [0.1, 0.15) is 45.2 Å². The Kier molecular flexibility index (Phi) is 10.5. The molecule has 6 rings (SSSR count). The lowest BCUT2D eigenvalue weighted by Gasteiger charge is -2.28. The van der Waals surface area contributed by atoms with E-state index in [-0.39, 0.29) is 42.7 Å². The third-order valence-corrected chi connectivity index (χ3v) is 11.8. The molecule has 1 aliphatic rings. The topological polar surface area (TPSA) is 223 Å². The summed E-state index contributed by atoms with van der Waals surface area (Å²) in [5.74, 6) is 3.02. The second-order valence-electron chi connectivity index (χ2n) is 10.8. The van der Waals surface area contributed by atoms with E-state index in [0.29, 0.717) is 59.2 Å². The first-order valence-electron chi connectivity index (χ1n) is 15.3. The van der Waals surface area contributed by atoms with Gasteiger partial charge >= 0.3 is 12.0 Å². The molecule has 0 radical (unpaired) electrons. The lowest BCUT2D eigenvalue weighted by molar-refractivity contribution is 0.222. The van der Waals surface area contributed by atoms with Crippen LogP contribution in [-0.2, 0) is 17.8 Å². The van der Waals surface area contributed by atoms with Gasteiger partial charge in [0.15, 0.2) is 0 Å². The fraction of sp³-hybridized carbons (Fsp3) is 0.400. The normalized spacial score (nSPS) is 16.6. The number of nitrogens with zero attached hydrogens (tertiary/aromatic N) is 6. The molecule has 3 atom stereocenters. The molecule has 5 aromatic heterocycles. The van der Waals surface area contributed by atoms with Crippen LogP contribution in [0.3, 0.4) is 0 Å². The van der Waals surface area contributed by atoms with Crippen molar-refractivity contribution in [3.8, 4) is 32.9 Å². The van der Waals surface area contributed by atoms with Gasteiger partial charge in [-0.3, -0.25) is 0 Å². The lowest BCUT2D eigenvalue weighted by Crippen LogP contribution is -2.15. The lowest BCUT2D eigenvalue weighted by atomic mass is 10.2. The largest absolute Gasteiger partial charge is 0.493 e. The van der Waals surface area contributed by atoms with Crippen LogP contribution in [0.5, 0.6) is 11.5 Å². The maximum Gasteiger partial charge on any atom is 0.321 e. The van der Waals surface area contributed by atoms with Crippen LogP contribution in [0, 0.1) is 6.92 Å². The zero-order chi connectivity index (χ0) is 34.7. The van der Waals surface area contributed by atoms with Crippen LogP contribution in [0.1, 0.15) is 49.2 Å². The van der Waals surface area contributed by atoms with E-state index in [4.69, 9.17) is 38.6 Å². The molecule has 262 valence electrons. The maximum atomic E-state index is 9.54. The zero-order valence-corrected chi connectivity index (χ0v) is 29.8. The molecular weight excluding hydrogens is 697 g/mol. The summed E-state index contributed by atoms with van der Waals surface area (Å²) in [7, 11) is -1.13. The molecule has 0 spiro atoms. The van der Waals surface area contributed by atoms with Crippen LogP contribution in [0.15, 0.2) is 42.4 Å². The first-order chi connectivity index (χ1) is 23.7. The first kappa shape index (κ1) is 34.4. The Morgan fingerprint density at radius 2 is 1.67 bits per heavy atom. The highest BCUT2D eigenvalue weighted by atomic mass is 32.2. The van der Waals surface area contributed by atoms with E-state index in [1.165, 1.54) is 22.7 Å². The predicted octanol–water partition coefficient (Wildman–Crippen LogP) is 5.14. The SMILES string of the molecule is CCOC1=C(c2noc(CO)n2)[SH](C(C)Oc2cc(CC(C)Oc3cc(C)sc3-c3noc(NCCO)n3)sc2-c2noc(N)n2)C(C)=C1. The number of ether oxygens (including phenoxy) is 3. The van der Waals surface area contributed by atoms with E-state index in [9.17, 15) is 5.11 Å². The molecule has 49 heavy (non-hydrogen) atoms. The Morgan fingerprint density at radius 1 is 0.939 bits per heavy atom. The summed E-state index contributed by atoms with van der Waals surface area (Å²) in [5, 5.41) is 33.7. The minimum atomic E-state index is -1.13. The molecule has 5 aromatic rings. The van der Waals surface area contributed by atoms with Gasteiger partial charge in [0, 0.05) is 22.7 Å². The van der Waals surface area contributed by atoms with Gasteiger partial charge < -0.3 is 49.0 Å². The Hall–Kier alpha value is -4.43. The highest BCUT2D eigenvalue weighted by Gasteiger charge is 2.34. The Morgan fingerprint density at radius 3 is 2.39 bits per heavy atom. The number of hydrogen-bond donors (Lipinski definition) is 5. The summed E-state index contributed by atoms with van der Waals surface area (Å²) in [6, 6.07) is 4.06. The van der Waals surface area contributed by atoms with Gasteiger partial charge in [0.2, 0.25) is 17.5 Å². The second-order valence-corrected chi connectivity index (χ2v) is 15.8. The smallest absolute Gasteiger partial charge is 0.321 e. The minimum Gasteiger partial charge on any atom is -0.493 e. The van der Waals surface area contributed by atoms with Crippen molar-refractivity contribution in [2.75, 3.05) is 30.8 Å². The summed E-state index contributed by atoms with van der Waals surface area (Å²) in [6.07, 6.45) is 2.25. The molecule has 0 bridgehead atoms. The van der Waals surface area contributed by atoms with Gasteiger partial charge in [-0.15, -0.1) is 22.7 Å². The van der Waals surface area contributed by atoms with Crippen molar-refractivity contribution in [1.29, 1.82) is 0 Å². The number of anilines is 2. The Labute approximate surface area is 291 Å². The minimum absolute atomic E-state index is 0.0560. The first-order valence-corrected chi connectivity index (χ1v) is 18.3. The molecule has 0 saturated heterocycles. The molecule has 19 heteroatoms. The summed E-state index contributed by atoms with van der Waals surface area (Å²) >= 11 is 2.95. The van der Waals surface area contributed by atoms with E-state index in [0.717, 1.165) is 24.4 Å². The molecule has 3 unspecified atom stereocenters. The summed E-state index contributed by atoms with van der Waals surface area (Å²) in [6.45, 7) is 10.2. The number of aryl methyl sites for hydroxylation is 1. The number of thiophene rings is 2. The summed E-state index contributed by atoms with van der Waals surface area (Å²) in [5.41, 5.74) is 5.43. The average molecular weight is 733 g/mol. The number of allylic oxidation sites excluding steroid dienone is 2. The van der Waals surface area contributed by atoms with Crippen LogP contribution in [0.25, 0.3) is 26.3 Å². The van der Waals surface area contributed by atoms with Gasteiger partial charge in [-0.1, -0.05) is 15.5 Å². The van der Waals surface area contributed by atoms with E-state index < -0.39 is 10.9 Å². The van der Waals surface area contributed by atoms with Crippen LogP contribution >= 0.6 is 33.6 Å². The van der Waals surface area contributed by atoms with Crippen LogP contribution < -0.4 is 20.5 Å². The number of rotatable bonds is 16. The van der Waals surface area contributed by atoms with Crippen molar-refractivity contribution in [3.63, 3.8) is 0 Å². The predicted molar refractivity (Wildman–Crippen MR) is 185 cm³/mol. The van der Waals surface area contributed by atoms with E-state index in [1.54, 1.807) is 0 Å². The zero-order valence-electron chi connectivity index (χ0n) is 27.3. The number of nitrogens with two attached hydrogens (primary N) is 1. The van der Waals surface area contributed by atoms with E-state index in [1.807, 2.05) is 52.8 Å². The molecule has 6 heterocycles. The summed E-state index contributed by atoms with van der Waals surface area (Å²) in [4.78, 5) is 18.2. The highest BCUT2D eigenvalue weighted by molar-refractivity contribution is 8.28. The Balaban J connectivity index is 1.24. The van der Waals surface area contributed by atoms with Gasteiger partial charge in [-0.25, -0.2) is 0 Å². The molecule has 0 amide bonds. The number of aliphatic hydroxyl groups is 2. The number of aromatic nitrogens is 6. The number of thiol groups is 1. The van der Waals surface area contributed by atoms with Gasteiger partial charge in [0.25, 0.3) is 5.89 Å². The number of nitrogen functional groups attached to an aromatic ring is 1. The fourth-order valence-electron chi connectivity index (χ4n) is 5.15. The molecule has 0 saturated carbocycles. The third-order valence-electron chi connectivity index (χ3n) is 7.02. The molecule has 16 nitrogen and oxygen atoms in total. The van der Waals surface area contributed by atoms with Crippen molar-refractivity contribution < 1.29 is 38.0 Å². The van der Waals surface area contributed by atoms with Crippen molar-refractivity contribution in [2.45, 2.75) is 59.2 Å². The second kappa shape index (κ2) is 15.0. The van der Waals surface area contributed by atoms with E-state index >= 15 is 0 Å². The van der Waals surface area contributed by atoms with Crippen molar-refractivity contribution in [1.82, 2.24) is 30.4 Å². The standard InChI is InChI=1S/C30H36N8O8S3/c1-6-41-21-11-16(4)49(25(21)28-33-22(13-40)44-38-28)17(5)43-20-12-18(48-24(20)26-34-29(31)45-36-26)9-14(2)42-19-10-15(3)47-23(19)27-35-30(46-37-27)32-7-8-39/h10-12,14,17,39-40,49H,6-9,13H2,1-5H3,(H2,31,34,36)(H,32,35,37). The molecule has 0 aliphatic carbocycles. The maximum absolute atomic E-state index is 9.54. The van der Waals surface area contributed by atoms with Gasteiger partial charge in [-0.2, -0.15) is 25.8 Å². The number of hydrogen-bond acceptors (Lipinski definition) is 18. The van der Waals surface area contributed by atoms with Crippen LogP contribution in [0.2, 0.25) is 0 Å². The van der Waals surface area contributed by atoms with Crippen molar-refractivity contribution >= 4 is 50.5 Å². The number of aliphatic hydroxyl groups excluding tert-OH is 2. The quantitative estimate of drug-likeness (QED) is 0.0829. The molecule has 5 N–H and O–H groups in total. The Bertz CT molecular complexity index is 1960. The van der Waals surface area contributed by atoms with Crippen molar-refractivity contribution in [2.24, 2.45) is 0 Å². The molecule has 0 fully saturated rings. The molecule has 1 aliphatic heterocycles. The summed E-state index contributed by atoms with van der Waals surface area (Å²) < 4.78 is 34.7. The van der Waals surface area contributed by atoms with Crippen LogP contribution in [0.4, 0.5) is 12.0 Å². The van der Waals surface area contributed by atoms with Crippen LogP contribution in [-0.4, -0.2) is 71.9 Å². The fourth-order valence-corrected chi connectivity index (χ4v) is 9.58. The molecular formula is C30H36N8O8S3. The highest BCUT2D eigenvalue weighted by Crippen LogP contribution is 2.58. The van der Waals surface area contributed by atoms with E-state index in [2.05, 4.69) is 35.7 Å². The number of nitrogens with one attached hydrogen (secondary N) is 1. The monoisotopic (exact) mass is 732 g/mol. The van der Waals surface area contributed by atoms with Gasteiger partial charge in [0.05, 0.1) is 18.1 Å². The molecule has 0 aromatic carbocycles. The van der Waals surface area contributed by atoms with Crippen molar-refractivity contribution in [3.05, 3.63) is 50.3 Å². The third kappa shape index (κ3) is 7.59.